The van der Waals surface area contributed by atoms with Crippen molar-refractivity contribution in [3.63, 3.8) is 0 Å². The number of likely N-dealkylation sites (tertiary alicyclic amines) is 1. The largest absolute Gasteiger partial charge is 0.329 e. The molecule has 2 amide bonds. The molecule has 0 aromatic carbocycles. The molecule has 3 aliphatic rings. The molecule has 3 aliphatic heterocycles. The molecule has 3 rings (SSSR count). The van der Waals surface area contributed by atoms with E-state index in [-0.39, 0.29) is 23.9 Å². The van der Waals surface area contributed by atoms with Gasteiger partial charge in [0, 0.05) is 19.1 Å². The lowest BCUT2D eigenvalue weighted by Gasteiger charge is -2.43. The maximum atomic E-state index is 12.5. The molecule has 0 N–H and O–H groups in total. The third-order valence-corrected chi connectivity index (χ3v) is 4.49. The number of amides is 2. The smallest absolute Gasteiger partial charge is 0.246 e. The summed E-state index contributed by atoms with van der Waals surface area (Å²) in [6.45, 7) is 3.08. The highest BCUT2D eigenvalue weighted by Gasteiger charge is 2.44. The van der Waals surface area contributed by atoms with Gasteiger partial charge in [-0.25, -0.2) is 0 Å². The van der Waals surface area contributed by atoms with Gasteiger partial charge in [-0.2, -0.15) is 0 Å². The number of hydrogen-bond donors (Lipinski definition) is 0. The monoisotopic (exact) mass is 251 g/mol. The van der Waals surface area contributed by atoms with Gasteiger partial charge in [-0.05, 0) is 39.3 Å². The van der Waals surface area contributed by atoms with Crippen molar-refractivity contribution >= 4 is 11.8 Å². The summed E-state index contributed by atoms with van der Waals surface area (Å²) in [7, 11) is 2.09. The Morgan fingerprint density at radius 3 is 2.61 bits per heavy atom. The molecule has 3 saturated heterocycles. The van der Waals surface area contributed by atoms with Crippen molar-refractivity contribution in [1.29, 1.82) is 0 Å². The van der Waals surface area contributed by atoms with E-state index in [1.54, 1.807) is 4.90 Å². The number of carbonyl (C=O) groups is 2. The molecule has 0 radical (unpaired) electrons. The van der Waals surface area contributed by atoms with Crippen LogP contribution in [0, 0.1) is 0 Å². The van der Waals surface area contributed by atoms with Gasteiger partial charge in [-0.15, -0.1) is 0 Å². The molecule has 0 aliphatic carbocycles. The number of likely N-dealkylation sites (N-methyl/N-ethyl adjacent to an activating group) is 1. The van der Waals surface area contributed by atoms with Crippen LogP contribution in [-0.4, -0.2) is 71.8 Å². The van der Waals surface area contributed by atoms with Crippen LogP contribution in [0.2, 0.25) is 0 Å². The van der Waals surface area contributed by atoms with E-state index in [0.717, 1.165) is 45.3 Å². The second-order valence-electron chi connectivity index (χ2n) is 5.77. The fraction of sp³-hybridized carbons (Fsp3) is 0.846. The van der Waals surface area contributed by atoms with E-state index in [1.807, 2.05) is 4.90 Å². The Kier molecular flexibility index (Phi) is 3.01. The van der Waals surface area contributed by atoms with Crippen LogP contribution in [0.1, 0.15) is 25.7 Å². The lowest BCUT2D eigenvalue weighted by atomic mass is 10.0. The van der Waals surface area contributed by atoms with E-state index in [2.05, 4.69) is 11.9 Å². The number of nitrogens with zero attached hydrogens (tertiary/aromatic N) is 3. The summed E-state index contributed by atoms with van der Waals surface area (Å²) in [6, 6.07) is 0.0847. The molecule has 2 unspecified atom stereocenters. The zero-order valence-corrected chi connectivity index (χ0v) is 11.0. The molecule has 0 aromatic heterocycles. The lowest BCUT2D eigenvalue weighted by molar-refractivity contribution is -0.156. The minimum absolute atomic E-state index is 0.144. The Morgan fingerprint density at radius 1 is 1.06 bits per heavy atom. The first-order valence-electron chi connectivity index (χ1n) is 6.95. The van der Waals surface area contributed by atoms with Crippen LogP contribution in [-0.2, 0) is 9.59 Å². The Hall–Kier alpha value is -1.10. The second kappa shape index (κ2) is 4.53. The van der Waals surface area contributed by atoms with Crippen LogP contribution >= 0.6 is 0 Å². The molecule has 3 heterocycles. The topological polar surface area (TPSA) is 43.9 Å². The summed E-state index contributed by atoms with van der Waals surface area (Å²) in [5.74, 6) is 0.331. The van der Waals surface area contributed by atoms with E-state index >= 15 is 0 Å². The molecule has 0 aromatic rings. The normalized spacial score (nSPS) is 34.1. The molecule has 0 bridgehead atoms. The van der Waals surface area contributed by atoms with Crippen LogP contribution in [0.5, 0.6) is 0 Å². The van der Waals surface area contributed by atoms with Crippen molar-refractivity contribution < 1.29 is 9.59 Å². The number of piperazine rings is 1. The first-order chi connectivity index (χ1) is 8.66. The number of piperidine rings is 1. The van der Waals surface area contributed by atoms with Crippen LogP contribution in [0.25, 0.3) is 0 Å². The first-order valence-corrected chi connectivity index (χ1v) is 6.95. The summed E-state index contributed by atoms with van der Waals surface area (Å²) >= 11 is 0. The van der Waals surface area contributed by atoms with E-state index in [9.17, 15) is 9.59 Å². The SMILES string of the molecule is CN1CCCC(N2CC(=O)N3CCCC3C2=O)C1. The van der Waals surface area contributed by atoms with Crippen molar-refractivity contribution in [3.8, 4) is 0 Å². The summed E-state index contributed by atoms with van der Waals surface area (Å²) < 4.78 is 0. The Labute approximate surface area is 108 Å². The highest BCUT2D eigenvalue weighted by atomic mass is 16.2. The van der Waals surface area contributed by atoms with Crippen LogP contribution in [0.4, 0.5) is 0 Å². The number of carbonyl (C=O) groups excluding carboxylic acids is 2. The third-order valence-electron chi connectivity index (χ3n) is 4.49. The van der Waals surface area contributed by atoms with Gasteiger partial charge in [-0.1, -0.05) is 0 Å². The average Bonchev–Trinajstić information content (AvgIpc) is 2.83. The molecule has 100 valence electrons. The van der Waals surface area contributed by atoms with Crippen LogP contribution in [0.3, 0.4) is 0 Å². The number of rotatable bonds is 1. The minimum Gasteiger partial charge on any atom is -0.329 e. The first kappa shape index (κ1) is 12.0. The third kappa shape index (κ3) is 1.90. The molecular weight excluding hydrogens is 230 g/mol. The van der Waals surface area contributed by atoms with Crippen molar-refractivity contribution in [3.05, 3.63) is 0 Å². The Balaban J connectivity index is 1.76. The Morgan fingerprint density at radius 2 is 1.83 bits per heavy atom. The molecular formula is C13H21N3O2. The van der Waals surface area contributed by atoms with Crippen molar-refractivity contribution in [2.75, 3.05) is 33.2 Å². The zero-order valence-electron chi connectivity index (χ0n) is 11.0. The van der Waals surface area contributed by atoms with Gasteiger partial charge in [0.1, 0.15) is 12.6 Å². The molecule has 3 fully saturated rings. The minimum atomic E-state index is -0.154. The van der Waals surface area contributed by atoms with Gasteiger partial charge in [0.15, 0.2) is 0 Å². The van der Waals surface area contributed by atoms with E-state index in [1.165, 1.54) is 0 Å². The quantitative estimate of drug-likeness (QED) is 0.654. The van der Waals surface area contributed by atoms with Crippen LogP contribution in [0.15, 0.2) is 0 Å². The molecule has 0 spiro atoms. The van der Waals surface area contributed by atoms with Crippen molar-refractivity contribution in [2.45, 2.75) is 37.8 Å². The van der Waals surface area contributed by atoms with Gasteiger partial charge in [0.25, 0.3) is 0 Å². The van der Waals surface area contributed by atoms with Crippen molar-refractivity contribution in [2.24, 2.45) is 0 Å². The van der Waals surface area contributed by atoms with E-state index < -0.39 is 0 Å². The van der Waals surface area contributed by atoms with E-state index in [4.69, 9.17) is 0 Å². The number of fused-ring (bicyclic) bond motifs is 1. The fourth-order valence-corrected chi connectivity index (χ4v) is 3.53. The maximum Gasteiger partial charge on any atom is 0.246 e. The lowest BCUT2D eigenvalue weighted by Crippen LogP contribution is -2.62. The van der Waals surface area contributed by atoms with E-state index in [0.29, 0.717) is 6.54 Å². The molecule has 5 heteroatoms. The summed E-state index contributed by atoms with van der Waals surface area (Å²) in [5.41, 5.74) is 0. The molecule has 0 saturated carbocycles. The summed E-state index contributed by atoms with van der Waals surface area (Å²) in [5, 5.41) is 0. The zero-order chi connectivity index (χ0) is 12.7. The summed E-state index contributed by atoms with van der Waals surface area (Å²) in [6.07, 6.45) is 3.98. The van der Waals surface area contributed by atoms with Crippen molar-refractivity contribution in [1.82, 2.24) is 14.7 Å². The molecule has 18 heavy (non-hydrogen) atoms. The highest BCUT2D eigenvalue weighted by molar-refractivity contribution is 5.95. The maximum absolute atomic E-state index is 12.5. The molecule has 5 nitrogen and oxygen atoms in total. The van der Waals surface area contributed by atoms with Gasteiger partial charge >= 0.3 is 0 Å². The van der Waals surface area contributed by atoms with Gasteiger partial charge in [0.05, 0.1) is 0 Å². The molecule has 2 atom stereocenters. The van der Waals surface area contributed by atoms with Gasteiger partial charge in [0.2, 0.25) is 11.8 Å². The van der Waals surface area contributed by atoms with Crippen LogP contribution < -0.4 is 0 Å². The second-order valence-corrected chi connectivity index (χ2v) is 5.77. The fourth-order valence-electron chi connectivity index (χ4n) is 3.53. The van der Waals surface area contributed by atoms with Gasteiger partial charge in [-0.3, -0.25) is 9.59 Å². The predicted molar refractivity (Wildman–Crippen MR) is 67.0 cm³/mol. The summed E-state index contributed by atoms with van der Waals surface area (Å²) in [4.78, 5) is 30.4. The average molecular weight is 251 g/mol. The number of hydrogen-bond acceptors (Lipinski definition) is 3. The standard InChI is InChI=1S/C13H21N3O2/c1-14-6-2-4-10(8-14)16-9-12(17)15-7-3-5-11(15)13(16)18/h10-11H,2-9H2,1H3. The predicted octanol–water partition coefficient (Wildman–Crippen LogP) is -0.0862. The highest BCUT2D eigenvalue weighted by Crippen LogP contribution is 2.26. The Bertz CT molecular complexity index is 371. The van der Waals surface area contributed by atoms with Gasteiger partial charge < -0.3 is 14.7 Å².